The van der Waals surface area contributed by atoms with Crippen molar-refractivity contribution in [3.8, 4) is 22.6 Å². The van der Waals surface area contributed by atoms with Crippen LogP contribution in [-0.4, -0.2) is 78.3 Å². The maximum Gasteiger partial charge on any atom is 0.573 e. The molecule has 164 valence electrons. The van der Waals surface area contributed by atoms with E-state index in [1.807, 2.05) is 0 Å². The second kappa shape index (κ2) is 9.05. The lowest BCUT2D eigenvalue weighted by molar-refractivity contribution is -0.274. The van der Waals surface area contributed by atoms with Gasteiger partial charge in [-0.25, -0.2) is 9.97 Å². The molecular weight excluding hydrogens is 453 g/mol. The highest BCUT2D eigenvalue weighted by molar-refractivity contribution is 6.55. The SMILES string of the molecule is [B]c1nc(CN2C(=O)c3cc(-c4ccc(OC(F)(F)F)cc4)ccc3OCC2([B])[B])nc([B])c1[B]. The van der Waals surface area contributed by atoms with Crippen LogP contribution in [0, 0.1) is 0 Å². The van der Waals surface area contributed by atoms with E-state index in [4.69, 9.17) is 44.0 Å². The van der Waals surface area contributed by atoms with Gasteiger partial charge in [-0.3, -0.25) is 4.79 Å². The Bertz CT molecular complexity index is 1270. The van der Waals surface area contributed by atoms with E-state index in [1.165, 1.54) is 24.3 Å². The molecular formula is C21H11B5F3N3O3. The fourth-order valence-electron chi connectivity index (χ4n) is 3.44. The molecule has 1 amide bonds. The maximum absolute atomic E-state index is 13.5. The summed E-state index contributed by atoms with van der Waals surface area (Å²) in [5.41, 5.74) is 1.05. The van der Waals surface area contributed by atoms with Gasteiger partial charge in [-0.1, -0.05) is 23.7 Å². The van der Waals surface area contributed by atoms with E-state index in [9.17, 15) is 18.0 Å². The molecule has 0 saturated heterocycles. The van der Waals surface area contributed by atoms with E-state index in [1.54, 1.807) is 6.07 Å². The Kier molecular flexibility index (Phi) is 6.42. The van der Waals surface area contributed by atoms with Crippen LogP contribution in [0.25, 0.3) is 11.1 Å². The first kappa shape index (κ1) is 24.8. The summed E-state index contributed by atoms with van der Waals surface area (Å²) >= 11 is 0. The number of carbonyl (C=O) groups excluding carboxylic acids is 1. The molecule has 6 nitrogen and oxygen atoms in total. The Morgan fingerprint density at radius 3 is 2.20 bits per heavy atom. The topological polar surface area (TPSA) is 64.6 Å². The number of halogens is 3. The molecule has 0 atom stereocenters. The van der Waals surface area contributed by atoms with Crippen molar-refractivity contribution in [2.24, 2.45) is 0 Å². The van der Waals surface area contributed by atoms with Crippen LogP contribution in [0.1, 0.15) is 16.2 Å². The van der Waals surface area contributed by atoms with Gasteiger partial charge in [-0.05, 0) is 46.6 Å². The number of hydrogen-bond donors (Lipinski definition) is 0. The lowest BCUT2D eigenvalue weighted by Gasteiger charge is -2.37. The van der Waals surface area contributed by atoms with Crippen molar-refractivity contribution in [3.63, 3.8) is 0 Å². The van der Waals surface area contributed by atoms with Gasteiger partial charge in [0.25, 0.3) is 5.91 Å². The lowest BCUT2D eigenvalue weighted by Crippen LogP contribution is -2.55. The molecule has 0 saturated carbocycles. The Balaban J connectivity index is 1.67. The highest BCUT2D eigenvalue weighted by Gasteiger charge is 2.36. The van der Waals surface area contributed by atoms with Crippen LogP contribution in [0.3, 0.4) is 0 Å². The van der Waals surface area contributed by atoms with Crippen LogP contribution in [-0.2, 0) is 6.54 Å². The molecule has 3 aromatic rings. The van der Waals surface area contributed by atoms with Crippen LogP contribution in [0.5, 0.6) is 11.5 Å². The molecule has 0 spiro atoms. The zero-order chi connectivity index (χ0) is 25.5. The van der Waals surface area contributed by atoms with Crippen molar-refractivity contribution in [3.05, 3.63) is 53.9 Å². The number of ether oxygens (including phenoxy) is 2. The molecule has 2 heterocycles. The fraction of sp³-hybridized carbons (Fsp3) is 0.190. The number of carbonyl (C=O) groups is 1. The molecule has 0 aliphatic carbocycles. The van der Waals surface area contributed by atoms with E-state index in [-0.39, 0.29) is 52.7 Å². The molecule has 0 bridgehead atoms. The molecule has 1 aromatic heterocycles. The third-order valence-corrected chi connectivity index (χ3v) is 5.19. The first-order valence-corrected chi connectivity index (χ1v) is 10.0. The van der Waals surface area contributed by atoms with Crippen molar-refractivity contribution >= 4 is 61.8 Å². The molecule has 10 radical (unpaired) electrons. The molecule has 0 N–H and O–H groups in total. The number of amides is 1. The average Bonchev–Trinajstić information content (AvgIpc) is 2.86. The van der Waals surface area contributed by atoms with Crippen molar-refractivity contribution in [1.82, 2.24) is 14.9 Å². The van der Waals surface area contributed by atoms with Gasteiger partial charge in [0.15, 0.2) is 0 Å². The zero-order valence-corrected chi connectivity index (χ0v) is 18.0. The number of benzene rings is 2. The monoisotopic (exact) mass is 465 g/mol. The van der Waals surface area contributed by atoms with Gasteiger partial charge >= 0.3 is 6.36 Å². The molecule has 14 heteroatoms. The number of nitrogens with zero attached hydrogens (tertiary/aromatic N) is 3. The maximum atomic E-state index is 13.5. The van der Waals surface area contributed by atoms with E-state index >= 15 is 0 Å². The summed E-state index contributed by atoms with van der Waals surface area (Å²) < 4.78 is 46.8. The third-order valence-electron chi connectivity index (χ3n) is 5.19. The van der Waals surface area contributed by atoms with Gasteiger partial charge in [-0.2, -0.15) is 0 Å². The summed E-state index contributed by atoms with van der Waals surface area (Å²) in [5, 5.41) is -1.75. The standard InChI is InChI=1S/C21H11B5F3N3O3/c22-16-17(23)30-15(31-18(16)24)8-32-19(33)13-7-11(3-6-14(13)34-9-20(32,25)26)10-1-4-12(5-2-10)35-21(27,28)29/h1-7H,8-9H2. The van der Waals surface area contributed by atoms with Crippen molar-refractivity contribution in [2.45, 2.75) is 18.2 Å². The number of rotatable bonds is 4. The van der Waals surface area contributed by atoms with Gasteiger partial charge in [-0.15, -0.1) is 13.2 Å². The quantitative estimate of drug-likeness (QED) is 0.485. The van der Waals surface area contributed by atoms with Gasteiger partial charge in [0.1, 0.15) is 40.9 Å². The highest BCUT2D eigenvalue weighted by Crippen LogP contribution is 2.33. The van der Waals surface area contributed by atoms with Crippen molar-refractivity contribution in [2.75, 3.05) is 6.61 Å². The van der Waals surface area contributed by atoms with Crippen LogP contribution in [0.15, 0.2) is 42.5 Å². The lowest BCUT2D eigenvalue weighted by atomic mass is 9.61. The molecule has 0 fully saturated rings. The number of alkyl halides is 3. The van der Waals surface area contributed by atoms with Crippen LogP contribution in [0.2, 0.25) is 0 Å². The first-order chi connectivity index (χ1) is 16.3. The Morgan fingerprint density at radius 1 is 1.00 bits per heavy atom. The highest BCUT2D eigenvalue weighted by atomic mass is 19.4. The van der Waals surface area contributed by atoms with Gasteiger partial charge in [0.2, 0.25) is 0 Å². The minimum Gasteiger partial charge on any atom is -0.492 e. The predicted octanol–water partition coefficient (Wildman–Crippen LogP) is -0.551. The van der Waals surface area contributed by atoms with E-state index in [0.717, 1.165) is 17.0 Å². The normalized spacial score (nSPS) is 15.2. The Morgan fingerprint density at radius 2 is 1.60 bits per heavy atom. The first-order valence-electron chi connectivity index (χ1n) is 10.0. The van der Waals surface area contributed by atoms with Crippen molar-refractivity contribution in [1.29, 1.82) is 0 Å². The van der Waals surface area contributed by atoms with E-state index in [2.05, 4.69) is 14.7 Å². The summed E-state index contributed by atoms with van der Waals surface area (Å²) in [6.07, 6.45) is -4.81. The van der Waals surface area contributed by atoms with Crippen LogP contribution >= 0.6 is 0 Å². The average molecular weight is 464 g/mol. The minimum absolute atomic E-state index is 0.00711. The number of aromatic nitrogens is 2. The van der Waals surface area contributed by atoms with E-state index in [0.29, 0.717) is 11.1 Å². The summed E-state index contributed by atoms with van der Waals surface area (Å²) in [4.78, 5) is 22.7. The predicted molar refractivity (Wildman–Crippen MR) is 126 cm³/mol. The fourth-order valence-corrected chi connectivity index (χ4v) is 3.44. The van der Waals surface area contributed by atoms with Gasteiger partial charge in [0.05, 0.1) is 34.4 Å². The molecule has 2 aromatic carbocycles. The van der Waals surface area contributed by atoms with Gasteiger partial charge in [0, 0.05) is 5.34 Å². The molecule has 35 heavy (non-hydrogen) atoms. The summed E-state index contributed by atoms with van der Waals surface area (Å²) in [5.74, 6) is -0.697. The minimum atomic E-state index is -4.81. The van der Waals surface area contributed by atoms with Crippen LogP contribution < -0.4 is 26.1 Å². The second-order valence-electron chi connectivity index (χ2n) is 7.78. The smallest absolute Gasteiger partial charge is 0.492 e. The number of hydrogen-bond acceptors (Lipinski definition) is 5. The zero-order valence-electron chi connectivity index (χ0n) is 18.0. The third kappa shape index (κ3) is 5.36. The molecule has 1 aliphatic rings. The van der Waals surface area contributed by atoms with Crippen molar-refractivity contribution < 1.29 is 27.4 Å². The summed E-state index contributed by atoms with van der Waals surface area (Å²) in [6, 6.07) is 9.87. The molecule has 0 unspecified atom stereocenters. The van der Waals surface area contributed by atoms with Crippen LogP contribution in [0.4, 0.5) is 13.2 Å². The summed E-state index contributed by atoms with van der Waals surface area (Å²) in [7, 11) is 29.5. The largest absolute Gasteiger partial charge is 0.573 e. The van der Waals surface area contributed by atoms with Gasteiger partial charge < -0.3 is 14.4 Å². The second-order valence-corrected chi connectivity index (χ2v) is 7.78. The van der Waals surface area contributed by atoms with E-state index < -0.39 is 17.6 Å². The Hall–Kier alpha value is -3.30. The molecule has 1 aliphatic heterocycles. The Labute approximate surface area is 205 Å². The summed E-state index contributed by atoms with van der Waals surface area (Å²) in [6.45, 7) is -0.508. The molecule has 4 rings (SSSR count). The number of fused-ring (bicyclic) bond motifs is 1.